The number of alkyl halides is 6. The largest absolute Gasteiger partial charge is 0.430 e. The molecule has 0 aliphatic carbocycles. The summed E-state index contributed by atoms with van der Waals surface area (Å²) >= 11 is 0. The van der Waals surface area contributed by atoms with E-state index in [-0.39, 0.29) is 16.9 Å². The van der Waals surface area contributed by atoms with Gasteiger partial charge in [0.05, 0.1) is 0 Å². The van der Waals surface area contributed by atoms with Crippen LogP contribution in [0.4, 0.5) is 26.3 Å². The van der Waals surface area contributed by atoms with Gasteiger partial charge in [0.25, 0.3) is 5.60 Å². The van der Waals surface area contributed by atoms with Gasteiger partial charge in [0.15, 0.2) is 0 Å². The van der Waals surface area contributed by atoms with Gasteiger partial charge in [-0.05, 0) is 37.1 Å². The summed E-state index contributed by atoms with van der Waals surface area (Å²) in [5, 5.41) is 9.32. The molecule has 0 aliphatic heterocycles. The summed E-state index contributed by atoms with van der Waals surface area (Å²) in [5.41, 5.74) is -6.68. The number of hydrogen-bond acceptors (Lipinski definition) is 3. The fraction of sp³-hybridized carbons (Fsp3) is 0.462. The molecule has 0 spiro atoms. The summed E-state index contributed by atoms with van der Waals surface area (Å²) in [5.74, 6) is -0.927. The number of benzene rings is 1. The number of rotatable bonds is 2. The Kier molecular flexibility index (Phi) is 4.53. The minimum absolute atomic E-state index is 0.142. The lowest BCUT2D eigenvalue weighted by atomic mass is 9.89. The minimum Gasteiger partial charge on any atom is -0.426 e. The van der Waals surface area contributed by atoms with Crippen LogP contribution in [0.2, 0.25) is 0 Å². The zero-order chi connectivity index (χ0) is 17.5. The number of aliphatic hydroxyl groups is 1. The molecule has 0 aliphatic rings. The second kappa shape index (κ2) is 5.45. The third-order valence-electron chi connectivity index (χ3n) is 2.94. The Bertz CT molecular complexity index is 551. The van der Waals surface area contributed by atoms with Crippen molar-refractivity contribution in [3.8, 4) is 5.75 Å². The van der Waals surface area contributed by atoms with Gasteiger partial charge in [0.1, 0.15) is 5.75 Å². The average molecular weight is 330 g/mol. The third kappa shape index (κ3) is 3.03. The first-order valence-electron chi connectivity index (χ1n) is 5.87. The first kappa shape index (κ1) is 18.3. The lowest BCUT2D eigenvalue weighted by Gasteiger charge is -2.33. The van der Waals surface area contributed by atoms with Gasteiger partial charge in [-0.3, -0.25) is 4.79 Å². The lowest BCUT2D eigenvalue weighted by molar-refractivity contribution is -0.376. The van der Waals surface area contributed by atoms with Crippen molar-refractivity contribution in [2.45, 2.75) is 38.7 Å². The van der Waals surface area contributed by atoms with Crippen LogP contribution in [0.25, 0.3) is 0 Å². The fourth-order valence-electron chi connectivity index (χ4n) is 1.95. The molecule has 1 aromatic carbocycles. The van der Waals surface area contributed by atoms with Crippen LogP contribution in [0.15, 0.2) is 12.1 Å². The average Bonchev–Trinajstić information content (AvgIpc) is 2.29. The van der Waals surface area contributed by atoms with Gasteiger partial charge in [-0.2, -0.15) is 26.3 Å². The van der Waals surface area contributed by atoms with Crippen LogP contribution >= 0.6 is 0 Å². The molecule has 0 fully saturated rings. The van der Waals surface area contributed by atoms with Crippen molar-refractivity contribution in [1.82, 2.24) is 0 Å². The highest BCUT2D eigenvalue weighted by Crippen LogP contribution is 2.50. The van der Waals surface area contributed by atoms with Crippen molar-refractivity contribution in [2.24, 2.45) is 0 Å². The number of carbonyl (C=O) groups excluding carboxylic acids is 1. The smallest absolute Gasteiger partial charge is 0.426 e. The molecule has 124 valence electrons. The molecule has 0 unspecified atom stereocenters. The van der Waals surface area contributed by atoms with Crippen molar-refractivity contribution in [1.29, 1.82) is 0 Å². The third-order valence-corrected chi connectivity index (χ3v) is 2.94. The summed E-state index contributed by atoms with van der Waals surface area (Å²) in [7, 11) is 0. The molecule has 0 bridgehead atoms. The first-order chi connectivity index (χ1) is 9.71. The van der Waals surface area contributed by atoms with Crippen molar-refractivity contribution < 1.29 is 41.0 Å². The van der Waals surface area contributed by atoms with Crippen LogP contribution < -0.4 is 4.74 Å². The zero-order valence-electron chi connectivity index (χ0n) is 11.7. The Morgan fingerprint density at radius 2 is 1.36 bits per heavy atom. The number of halogens is 6. The van der Waals surface area contributed by atoms with E-state index in [4.69, 9.17) is 4.74 Å². The predicted octanol–water partition coefficient (Wildman–Crippen LogP) is 3.54. The van der Waals surface area contributed by atoms with Gasteiger partial charge >= 0.3 is 18.3 Å². The van der Waals surface area contributed by atoms with Crippen LogP contribution in [0.3, 0.4) is 0 Å². The summed E-state index contributed by atoms with van der Waals surface area (Å²) in [6.07, 6.45) is -11.9. The highest BCUT2D eigenvalue weighted by atomic mass is 19.4. The molecule has 3 nitrogen and oxygen atoms in total. The second-order valence-electron chi connectivity index (χ2n) is 4.74. The molecule has 1 aromatic rings. The van der Waals surface area contributed by atoms with Gasteiger partial charge < -0.3 is 9.84 Å². The van der Waals surface area contributed by atoms with E-state index in [0.29, 0.717) is 12.1 Å². The molecule has 0 radical (unpaired) electrons. The summed E-state index contributed by atoms with van der Waals surface area (Å²) in [4.78, 5) is 10.9. The Balaban J connectivity index is 3.58. The lowest BCUT2D eigenvalue weighted by Crippen LogP contribution is -2.54. The fourth-order valence-corrected chi connectivity index (χ4v) is 1.95. The van der Waals surface area contributed by atoms with Gasteiger partial charge in [-0.25, -0.2) is 0 Å². The Hall–Kier alpha value is -1.77. The van der Waals surface area contributed by atoms with E-state index in [1.807, 2.05) is 0 Å². The molecule has 1 rings (SSSR count). The molecule has 22 heavy (non-hydrogen) atoms. The maximum Gasteiger partial charge on any atom is 0.430 e. The van der Waals surface area contributed by atoms with Crippen LogP contribution in [-0.2, 0) is 10.4 Å². The van der Waals surface area contributed by atoms with Crippen LogP contribution in [0.5, 0.6) is 5.75 Å². The molecule has 0 saturated carbocycles. The van der Waals surface area contributed by atoms with Crippen molar-refractivity contribution in [3.05, 3.63) is 28.8 Å². The highest BCUT2D eigenvalue weighted by molar-refractivity contribution is 5.70. The Labute approximate surface area is 121 Å². The molecule has 0 heterocycles. The zero-order valence-corrected chi connectivity index (χ0v) is 11.7. The predicted molar refractivity (Wildman–Crippen MR) is 63.2 cm³/mol. The van der Waals surface area contributed by atoms with Crippen molar-refractivity contribution in [3.63, 3.8) is 0 Å². The van der Waals surface area contributed by atoms with E-state index in [9.17, 15) is 36.2 Å². The maximum atomic E-state index is 12.8. The first-order valence-corrected chi connectivity index (χ1v) is 5.87. The summed E-state index contributed by atoms with van der Waals surface area (Å²) in [6, 6.07) is 0.985. The van der Waals surface area contributed by atoms with E-state index in [1.54, 1.807) is 0 Å². The standard InChI is InChI=1S/C13H12F6O3/c1-6-4-9(5-7(2)10(6)22-8(3)20)11(21,12(14,15)16)13(17,18)19/h4-5,21H,1-3H3. The van der Waals surface area contributed by atoms with E-state index >= 15 is 0 Å². The van der Waals surface area contributed by atoms with Gasteiger partial charge in [-0.15, -0.1) is 0 Å². The number of hydrogen-bond donors (Lipinski definition) is 1. The topological polar surface area (TPSA) is 46.5 Å². The maximum absolute atomic E-state index is 12.8. The van der Waals surface area contributed by atoms with Gasteiger partial charge in [-0.1, -0.05) is 0 Å². The van der Waals surface area contributed by atoms with E-state index < -0.39 is 29.5 Å². The molecule has 0 atom stereocenters. The minimum atomic E-state index is -5.97. The molecular formula is C13H12F6O3. The number of ether oxygens (including phenoxy) is 1. The van der Waals surface area contributed by atoms with Crippen molar-refractivity contribution >= 4 is 5.97 Å². The molecular weight excluding hydrogens is 318 g/mol. The highest BCUT2D eigenvalue weighted by Gasteiger charge is 2.71. The van der Waals surface area contributed by atoms with Crippen LogP contribution in [0, 0.1) is 13.8 Å². The Morgan fingerprint density at radius 3 is 1.64 bits per heavy atom. The second-order valence-corrected chi connectivity index (χ2v) is 4.74. The molecule has 0 amide bonds. The molecule has 0 saturated heterocycles. The van der Waals surface area contributed by atoms with E-state index in [0.717, 1.165) is 6.92 Å². The van der Waals surface area contributed by atoms with Crippen LogP contribution in [-0.4, -0.2) is 23.4 Å². The summed E-state index contributed by atoms with van der Waals surface area (Å²) < 4.78 is 81.6. The molecule has 9 heteroatoms. The van der Waals surface area contributed by atoms with Gasteiger partial charge in [0, 0.05) is 12.5 Å². The number of aryl methyl sites for hydroxylation is 2. The quantitative estimate of drug-likeness (QED) is 0.512. The van der Waals surface area contributed by atoms with E-state index in [2.05, 4.69) is 0 Å². The Morgan fingerprint density at radius 1 is 1.00 bits per heavy atom. The summed E-state index contributed by atoms with van der Waals surface area (Å²) in [6.45, 7) is 3.37. The number of carbonyl (C=O) groups is 1. The van der Waals surface area contributed by atoms with Gasteiger partial charge in [0.2, 0.25) is 0 Å². The van der Waals surface area contributed by atoms with Crippen molar-refractivity contribution in [2.75, 3.05) is 0 Å². The number of esters is 1. The SMILES string of the molecule is CC(=O)Oc1c(C)cc(C(O)(C(F)(F)F)C(F)(F)F)cc1C. The molecule has 1 N–H and O–H groups in total. The van der Waals surface area contributed by atoms with Crippen LogP contribution in [0.1, 0.15) is 23.6 Å². The monoisotopic (exact) mass is 330 g/mol. The molecule has 0 aromatic heterocycles. The van der Waals surface area contributed by atoms with E-state index in [1.165, 1.54) is 13.8 Å². The normalized spacial score (nSPS) is 13.2.